The van der Waals surface area contributed by atoms with Gasteiger partial charge < -0.3 is 14.4 Å². The summed E-state index contributed by atoms with van der Waals surface area (Å²) in [5.41, 5.74) is 2.64. The Bertz CT molecular complexity index is 697. The largest absolute Gasteiger partial charge is 0.493 e. The molecule has 4 rings (SSSR count). The summed E-state index contributed by atoms with van der Waals surface area (Å²) in [6.45, 7) is 7.15. The van der Waals surface area contributed by atoms with Gasteiger partial charge in [-0.05, 0) is 43.0 Å². The topological polar surface area (TPSA) is 24.9 Å². The molecule has 2 heterocycles. The van der Waals surface area contributed by atoms with Gasteiger partial charge in [0, 0.05) is 44.5 Å². The first kappa shape index (κ1) is 17.2. The van der Waals surface area contributed by atoms with Crippen LogP contribution in [-0.4, -0.2) is 50.8 Å². The van der Waals surface area contributed by atoms with Gasteiger partial charge >= 0.3 is 0 Å². The lowest BCUT2D eigenvalue weighted by Crippen LogP contribution is -2.46. The maximum atomic E-state index is 5.94. The number of nitrogens with zero attached hydrogens (tertiary/aromatic N) is 2. The SMILES string of the molecule is c1ccc(N2CCN(CCCOc3ccc4c(c3)OCCC4)CC2)cc1. The van der Waals surface area contributed by atoms with Crippen molar-refractivity contribution in [2.45, 2.75) is 19.3 Å². The van der Waals surface area contributed by atoms with Crippen LogP contribution in [0.25, 0.3) is 0 Å². The molecule has 4 nitrogen and oxygen atoms in total. The molecule has 0 bridgehead atoms. The molecular weight excluding hydrogens is 324 g/mol. The zero-order valence-electron chi connectivity index (χ0n) is 15.4. The van der Waals surface area contributed by atoms with E-state index in [-0.39, 0.29) is 0 Å². The van der Waals surface area contributed by atoms with E-state index in [1.807, 2.05) is 6.07 Å². The first-order valence-corrected chi connectivity index (χ1v) is 9.79. The molecule has 138 valence electrons. The van der Waals surface area contributed by atoms with Crippen LogP contribution in [0.1, 0.15) is 18.4 Å². The summed E-state index contributed by atoms with van der Waals surface area (Å²) in [4.78, 5) is 5.01. The highest BCUT2D eigenvalue weighted by atomic mass is 16.5. The molecule has 0 aliphatic carbocycles. The van der Waals surface area contributed by atoms with Crippen molar-refractivity contribution in [2.75, 3.05) is 50.8 Å². The van der Waals surface area contributed by atoms with E-state index >= 15 is 0 Å². The lowest BCUT2D eigenvalue weighted by molar-refractivity contribution is 0.224. The van der Waals surface area contributed by atoms with Crippen molar-refractivity contribution in [3.8, 4) is 11.5 Å². The van der Waals surface area contributed by atoms with Gasteiger partial charge in [0.05, 0.1) is 13.2 Å². The average molecular weight is 352 g/mol. The first-order chi connectivity index (χ1) is 12.9. The van der Waals surface area contributed by atoms with Gasteiger partial charge in [0.1, 0.15) is 11.5 Å². The number of fused-ring (bicyclic) bond motifs is 1. The third-order valence-corrected chi connectivity index (χ3v) is 5.27. The van der Waals surface area contributed by atoms with E-state index in [1.54, 1.807) is 0 Å². The minimum absolute atomic E-state index is 0.762. The Morgan fingerprint density at radius 2 is 1.81 bits per heavy atom. The van der Waals surface area contributed by atoms with Gasteiger partial charge in [0.15, 0.2) is 0 Å². The summed E-state index contributed by atoms with van der Waals surface area (Å²) in [7, 11) is 0. The molecule has 0 atom stereocenters. The Morgan fingerprint density at radius 3 is 2.65 bits per heavy atom. The van der Waals surface area contributed by atoms with Crippen LogP contribution in [0.3, 0.4) is 0 Å². The minimum atomic E-state index is 0.762. The summed E-state index contributed by atoms with van der Waals surface area (Å²) in [6.07, 6.45) is 3.29. The van der Waals surface area contributed by atoms with Crippen molar-refractivity contribution < 1.29 is 9.47 Å². The fourth-order valence-electron chi connectivity index (χ4n) is 3.76. The van der Waals surface area contributed by atoms with Crippen molar-refractivity contribution in [1.29, 1.82) is 0 Å². The predicted molar refractivity (Wildman–Crippen MR) is 105 cm³/mol. The highest BCUT2D eigenvalue weighted by Gasteiger charge is 2.16. The van der Waals surface area contributed by atoms with Crippen LogP contribution in [0.15, 0.2) is 48.5 Å². The number of aryl methyl sites for hydroxylation is 1. The fraction of sp³-hybridized carbons (Fsp3) is 0.455. The summed E-state index contributed by atoms with van der Waals surface area (Å²) in [6, 6.07) is 17.0. The smallest absolute Gasteiger partial charge is 0.126 e. The van der Waals surface area contributed by atoms with Crippen molar-refractivity contribution in [2.24, 2.45) is 0 Å². The number of para-hydroxylation sites is 1. The van der Waals surface area contributed by atoms with E-state index in [2.05, 4.69) is 52.3 Å². The van der Waals surface area contributed by atoms with Crippen LogP contribution >= 0.6 is 0 Å². The molecule has 0 spiro atoms. The molecule has 0 saturated carbocycles. The molecule has 2 aliphatic rings. The third kappa shape index (κ3) is 4.31. The van der Waals surface area contributed by atoms with Gasteiger partial charge in [-0.2, -0.15) is 0 Å². The molecule has 2 aliphatic heterocycles. The van der Waals surface area contributed by atoms with Gasteiger partial charge in [0.2, 0.25) is 0 Å². The van der Waals surface area contributed by atoms with Crippen LogP contribution in [0.4, 0.5) is 5.69 Å². The number of anilines is 1. The van der Waals surface area contributed by atoms with E-state index in [0.717, 1.165) is 76.7 Å². The van der Waals surface area contributed by atoms with Crippen molar-refractivity contribution in [1.82, 2.24) is 4.90 Å². The number of piperazine rings is 1. The maximum Gasteiger partial charge on any atom is 0.126 e. The first-order valence-electron chi connectivity index (χ1n) is 9.79. The van der Waals surface area contributed by atoms with Crippen LogP contribution in [0.5, 0.6) is 11.5 Å². The molecule has 0 amide bonds. The number of hydrogen-bond donors (Lipinski definition) is 0. The van der Waals surface area contributed by atoms with Crippen molar-refractivity contribution in [3.63, 3.8) is 0 Å². The predicted octanol–water partition coefficient (Wildman–Crippen LogP) is 3.60. The van der Waals surface area contributed by atoms with Crippen molar-refractivity contribution in [3.05, 3.63) is 54.1 Å². The number of rotatable bonds is 6. The summed E-state index contributed by atoms with van der Waals surface area (Å²) in [5, 5.41) is 0. The molecular formula is C22H28N2O2. The standard InChI is InChI=1S/C22H28N2O2/c1-2-7-20(8-3-1)24-14-12-23(13-15-24)11-5-17-25-21-10-9-19-6-4-16-26-22(19)18-21/h1-3,7-10,18H,4-6,11-17H2. The second kappa shape index (κ2) is 8.45. The number of ether oxygens (including phenoxy) is 2. The van der Waals surface area contributed by atoms with E-state index < -0.39 is 0 Å². The highest BCUT2D eigenvalue weighted by Crippen LogP contribution is 2.29. The monoisotopic (exact) mass is 352 g/mol. The summed E-state index contributed by atoms with van der Waals surface area (Å²) < 4.78 is 11.7. The van der Waals surface area contributed by atoms with Gasteiger partial charge in [-0.1, -0.05) is 24.3 Å². The summed E-state index contributed by atoms with van der Waals surface area (Å²) >= 11 is 0. The Balaban J connectivity index is 1.17. The zero-order chi connectivity index (χ0) is 17.6. The highest BCUT2D eigenvalue weighted by molar-refractivity contribution is 5.46. The molecule has 0 aromatic heterocycles. The Morgan fingerprint density at radius 1 is 0.962 bits per heavy atom. The van der Waals surface area contributed by atoms with Gasteiger partial charge in [-0.15, -0.1) is 0 Å². The second-order valence-corrected chi connectivity index (χ2v) is 7.09. The zero-order valence-corrected chi connectivity index (χ0v) is 15.4. The third-order valence-electron chi connectivity index (χ3n) is 5.27. The molecule has 1 fully saturated rings. The van der Waals surface area contributed by atoms with Gasteiger partial charge in [-0.3, -0.25) is 4.90 Å². The maximum absolute atomic E-state index is 5.94. The van der Waals surface area contributed by atoms with E-state index in [0.29, 0.717) is 0 Å². The Hall–Kier alpha value is -2.20. The van der Waals surface area contributed by atoms with Gasteiger partial charge in [-0.25, -0.2) is 0 Å². The molecule has 1 saturated heterocycles. The van der Waals surface area contributed by atoms with Crippen molar-refractivity contribution >= 4 is 5.69 Å². The molecule has 4 heteroatoms. The van der Waals surface area contributed by atoms with Crippen LogP contribution in [0, 0.1) is 0 Å². The summed E-state index contributed by atoms with van der Waals surface area (Å²) in [5.74, 6) is 1.94. The average Bonchev–Trinajstić information content (AvgIpc) is 2.72. The molecule has 0 unspecified atom stereocenters. The van der Waals surface area contributed by atoms with Crippen LogP contribution < -0.4 is 14.4 Å². The fourth-order valence-corrected chi connectivity index (χ4v) is 3.76. The molecule has 0 radical (unpaired) electrons. The van der Waals surface area contributed by atoms with E-state index in [1.165, 1.54) is 11.3 Å². The Labute approximate surface area is 156 Å². The number of benzene rings is 2. The van der Waals surface area contributed by atoms with Crippen LogP contribution in [0.2, 0.25) is 0 Å². The minimum Gasteiger partial charge on any atom is -0.493 e. The quantitative estimate of drug-likeness (QED) is 0.742. The molecule has 26 heavy (non-hydrogen) atoms. The van der Waals surface area contributed by atoms with E-state index in [4.69, 9.17) is 9.47 Å². The van der Waals surface area contributed by atoms with Crippen LogP contribution in [-0.2, 0) is 6.42 Å². The lowest BCUT2D eigenvalue weighted by Gasteiger charge is -2.36. The number of hydrogen-bond acceptors (Lipinski definition) is 4. The molecule has 0 N–H and O–H groups in total. The van der Waals surface area contributed by atoms with Gasteiger partial charge in [0.25, 0.3) is 0 Å². The lowest BCUT2D eigenvalue weighted by atomic mass is 10.1. The normalized spacial score (nSPS) is 17.5. The molecule has 2 aromatic carbocycles. The second-order valence-electron chi connectivity index (χ2n) is 7.09. The van der Waals surface area contributed by atoms with E-state index in [9.17, 15) is 0 Å². The molecule has 2 aromatic rings. The Kier molecular flexibility index (Phi) is 5.60.